The van der Waals surface area contributed by atoms with Crippen LogP contribution in [0.1, 0.15) is 23.2 Å². The molecule has 0 spiro atoms. The second-order valence-corrected chi connectivity index (χ2v) is 10.1. The summed E-state index contributed by atoms with van der Waals surface area (Å²) in [5.74, 6) is 1.10. The highest BCUT2D eigenvalue weighted by atomic mass is 35.5. The normalized spacial score (nSPS) is 14.5. The smallest absolute Gasteiger partial charge is 0.254 e. The molecule has 2 amide bonds. The zero-order chi connectivity index (χ0) is 28.8. The quantitative estimate of drug-likeness (QED) is 0.270. The minimum Gasteiger partial charge on any atom is -0.497 e. The molecule has 2 heterocycles. The maximum atomic E-state index is 13.4. The summed E-state index contributed by atoms with van der Waals surface area (Å²) in [5.41, 5.74) is 2.74. The van der Waals surface area contributed by atoms with Crippen molar-refractivity contribution in [3.8, 4) is 28.4 Å². The summed E-state index contributed by atoms with van der Waals surface area (Å²) >= 11 is 6.02. The topological polar surface area (TPSA) is 94.9 Å². The van der Waals surface area contributed by atoms with Crippen LogP contribution in [0.25, 0.3) is 16.9 Å². The lowest BCUT2D eigenvalue weighted by Crippen LogP contribution is -2.42. The van der Waals surface area contributed by atoms with E-state index in [1.807, 2.05) is 54.7 Å². The molecule has 41 heavy (non-hydrogen) atoms. The number of rotatable bonds is 10. The van der Waals surface area contributed by atoms with Crippen LogP contribution in [0, 0.1) is 0 Å². The van der Waals surface area contributed by atoms with Gasteiger partial charge < -0.3 is 19.1 Å². The molecule has 0 saturated carbocycles. The second kappa shape index (κ2) is 12.9. The number of hydrogen-bond acceptors (Lipinski definition) is 6. The molecule has 4 aromatic rings. The molecule has 1 atom stereocenters. The van der Waals surface area contributed by atoms with Crippen LogP contribution in [0.5, 0.6) is 11.5 Å². The molecule has 1 aliphatic heterocycles. The monoisotopic (exact) mass is 574 g/mol. The molecule has 1 aromatic heterocycles. The number of ether oxygens (including phenoxy) is 3. The Kier molecular flexibility index (Phi) is 8.86. The van der Waals surface area contributed by atoms with Crippen molar-refractivity contribution >= 4 is 29.4 Å². The number of methoxy groups -OCH3 is 2. The number of aromatic nitrogens is 2. The summed E-state index contributed by atoms with van der Waals surface area (Å²) in [4.78, 5) is 33.1. The number of amides is 2. The summed E-state index contributed by atoms with van der Waals surface area (Å²) in [6, 6.07) is 21.6. The minimum absolute atomic E-state index is 0.123. The zero-order valence-corrected chi connectivity index (χ0v) is 23.6. The lowest BCUT2D eigenvalue weighted by atomic mass is 10.1. The molecule has 0 bridgehead atoms. The van der Waals surface area contributed by atoms with Gasteiger partial charge in [0.05, 0.1) is 26.0 Å². The third-order valence-electron chi connectivity index (χ3n) is 6.85. The Labute approximate surface area is 243 Å². The maximum Gasteiger partial charge on any atom is 0.254 e. The van der Waals surface area contributed by atoms with Crippen LogP contribution in [-0.4, -0.2) is 66.3 Å². The van der Waals surface area contributed by atoms with E-state index in [0.29, 0.717) is 41.1 Å². The highest BCUT2D eigenvalue weighted by Crippen LogP contribution is 2.27. The van der Waals surface area contributed by atoms with Crippen molar-refractivity contribution in [2.24, 2.45) is 0 Å². The fourth-order valence-corrected chi connectivity index (χ4v) is 4.80. The molecule has 5 rings (SSSR count). The number of imidazole rings is 1. The van der Waals surface area contributed by atoms with Gasteiger partial charge in [0.2, 0.25) is 11.9 Å². The molecule has 0 unspecified atom stereocenters. The molecular weight excluding hydrogens is 544 g/mol. The Morgan fingerprint density at radius 3 is 2.27 bits per heavy atom. The van der Waals surface area contributed by atoms with E-state index in [2.05, 4.69) is 5.32 Å². The molecule has 10 heteroatoms. The summed E-state index contributed by atoms with van der Waals surface area (Å²) < 4.78 is 18.1. The van der Waals surface area contributed by atoms with E-state index < -0.39 is 0 Å². The van der Waals surface area contributed by atoms with Gasteiger partial charge in [0.15, 0.2) is 0 Å². The molecule has 1 saturated heterocycles. The molecule has 9 nitrogen and oxygen atoms in total. The highest BCUT2D eigenvalue weighted by molar-refractivity contribution is 6.30. The molecule has 0 aliphatic carbocycles. The Morgan fingerprint density at radius 1 is 1.00 bits per heavy atom. The number of carbonyl (C=O) groups is 2. The Bertz CT molecular complexity index is 1480. The molecule has 3 aromatic carbocycles. The van der Waals surface area contributed by atoms with Crippen LogP contribution >= 0.6 is 11.6 Å². The van der Waals surface area contributed by atoms with Gasteiger partial charge in [0.25, 0.3) is 5.91 Å². The fraction of sp³-hybridized carbons (Fsp3) is 0.258. The third-order valence-corrected chi connectivity index (χ3v) is 7.11. The van der Waals surface area contributed by atoms with Crippen molar-refractivity contribution in [1.29, 1.82) is 0 Å². The SMILES string of the molecule is COc1ccc(-c2cn(-c3ccc(OC)cc3)c(NC(=O)CN(C[C@@H]3CCCO3)C(=O)c3ccc(Cl)cc3)n2)cc1. The van der Waals surface area contributed by atoms with Crippen LogP contribution in [0.15, 0.2) is 79.0 Å². The van der Waals surface area contributed by atoms with Crippen LogP contribution in [0.4, 0.5) is 5.95 Å². The Hall–Kier alpha value is -4.34. The van der Waals surface area contributed by atoms with E-state index in [1.165, 1.54) is 4.90 Å². The van der Waals surface area contributed by atoms with E-state index in [1.54, 1.807) is 43.1 Å². The summed E-state index contributed by atoms with van der Waals surface area (Å²) in [6.07, 6.45) is 3.48. The number of anilines is 1. The van der Waals surface area contributed by atoms with Crippen LogP contribution in [0.2, 0.25) is 5.02 Å². The highest BCUT2D eigenvalue weighted by Gasteiger charge is 2.26. The van der Waals surface area contributed by atoms with Crippen molar-refractivity contribution in [2.75, 3.05) is 39.2 Å². The molecule has 0 radical (unpaired) electrons. The average molecular weight is 575 g/mol. The van der Waals surface area contributed by atoms with Crippen molar-refractivity contribution in [2.45, 2.75) is 18.9 Å². The van der Waals surface area contributed by atoms with Gasteiger partial charge in [-0.3, -0.25) is 19.5 Å². The first kappa shape index (κ1) is 28.2. The van der Waals surface area contributed by atoms with Gasteiger partial charge in [0, 0.05) is 41.2 Å². The van der Waals surface area contributed by atoms with Gasteiger partial charge in [-0.1, -0.05) is 11.6 Å². The summed E-state index contributed by atoms with van der Waals surface area (Å²) in [6.45, 7) is 0.779. The predicted molar refractivity (Wildman–Crippen MR) is 157 cm³/mol. The summed E-state index contributed by atoms with van der Waals surface area (Å²) in [5, 5.41) is 3.45. The first-order valence-corrected chi connectivity index (χ1v) is 13.7. The van der Waals surface area contributed by atoms with Gasteiger partial charge in [-0.2, -0.15) is 0 Å². The maximum absolute atomic E-state index is 13.4. The number of nitrogens with zero attached hydrogens (tertiary/aromatic N) is 3. The number of hydrogen-bond donors (Lipinski definition) is 1. The molecule has 1 aliphatic rings. The van der Waals surface area contributed by atoms with Crippen molar-refractivity contribution in [1.82, 2.24) is 14.5 Å². The summed E-state index contributed by atoms with van der Waals surface area (Å²) in [7, 11) is 3.22. The van der Waals surface area contributed by atoms with Crippen LogP contribution in [-0.2, 0) is 9.53 Å². The van der Waals surface area contributed by atoms with E-state index >= 15 is 0 Å². The molecule has 1 fully saturated rings. The number of benzene rings is 3. The average Bonchev–Trinajstić information content (AvgIpc) is 3.67. The largest absolute Gasteiger partial charge is 0.497 e. The first-order valence-electron chi connectivity index (χ1n) is 13.3. The van der Waals surface area contributed by atoms with Gasteiger partial charge in [0.1, 0.15) is 18.0 Å². The van der Waals surface area contributed by atoms with Gasteiger partial charge in [-0.25, -0.2) is 4.98 Å². The second-order valence-electron chi connectivity index (χ2n) is 9.62. The first-order chi connectivity index (χ1) is 19.9. The minimum atomic E-state index is -0.382. The van der Waals surface area contributed by atoms with Gasteiger partial charge in [-0.05, 0) is 85.6 Å². The van der Waals surface area contributed by atoms with Gasteiger partial charge in [-0.15, -0.1) is 0 Å². The molecule has 1 N–H and O–H groups in total. The van der Waals surface area contributed by atoms with Gasteiger partial charge >= 0.3 is 0 Å². The number of carbonyl (C=O) groups excluding carboxylic acids is 2. The van der Waals surface area contributed by atoms with E-state index in [9.17, 15) is 9.59 Å². The molecular formula is C31H31ClN4O5. The number of halogens is 1. The lowest BCUT2D eigenvalue weighted by Gasteiger charge is -2.25. The van der Waals surface area contributed by atoms with Crippen molar-refractivity contribution in [3.63, 3.8) is 0 Å². The third kappa shape index (κ3) is 6.87. The zero-order valence-electron chi connectivity index (χ0n) is 22.9. The molecule has 212 valence electrons. The Balaban J connectivity index is 1.41. The number of nitrogens with one attached hydrogen (secondary N) is 1. The van der Waals surface area contributed by atoms with E-state index in [4.69, 9.17) is 30.8 Å². The van der Waals surface area contributed by atoms with Crippen molar-refractivity contribution < 1.29 is 23.8 Å². The van der Waals surface area contributed by atoms with E-state index in [-0.39, 0.29) is 24.5 Å². The lowest BCUT2D eigenvalue weighted by molar-refractivity contribution is -0.117. The standard InChI is InChI=1S/C31H31ClN4O5/c1-39-25-13-7-21(8-14-25)28-19-36(24-11-15-26(40-2)16-12-24)31(33-28)34-29(37)20-35(18-27-4-3-17-41-27)30(38)22-5-9-23(32)10-6-22/h5-16,19,27H,3-4,17-18,20H2,1-2H3,(H,33,34,37)/t27-/m0/s1. The predicted octanol–water partition coefficient (Wildman–Crippen LogP) is 5.47. The Morgan fingerprint density at radius 2 is 1.66 bits per heavy atom. The fourth-order valence-electron chi connectivity index (χ4n) is 4.67. The van der Waals surface area contributed by atoms with Crippen LogP contribution < -0.4 is 14.8 Å². The van der Waals surface area contributed by atoms with Crippen molar-refractivity contribution in [3.05, 3.63) is 89.6 Å². The van der Waals surface area contributed by atoms with E-state index in [0.717, 1.165) is 29.8 Å². The van der Waals surface area contributed by atoms with Crippen LogP contribution in [0.3, 0.4) is 0 Å².